The van der Waals surface area contributed by atoms with E-state index in [1.807, 2.05) is 0 Å². The smallest absolute Gasteiger partial charge is 0.337 e. The fourth-order valence-electron chi connectivity index (χ4n) is 1.07. The first-order valence-corrected chi connectivity index (χ1v) is 3.87. The molecule has 0 radical (unpaired) electrons. The summed E-state index contributed by atoms with van der Waals surface area (Å²) in [5.74, 6) is -0.614. The van der Waals surface area contributed by atoms with Gasteiger partial charge in [-0.1, -0.05) is 0 Å². The molecule has 74 valence electrons. The van der Waals surface area contributed by atoms with Gasteiger partial charge in [-0.05, 0) is 18.2 Å². The van der Waals surface area contributed by atoms with Gasteiger partial charge < -0.3 is 14.2 Å². The van der Waals surface area contributed by atoms with E-state index in [0.717, 1.165) is 0 Å². The second-order valence-electron chi connectivity index (χ2n) is 2.56. The van der Waals surface area contributed by atoms with Gasteiger partial charge in [0.25, 0.3) is 0 Å². The Labute approximate surface area is 87.0 Å². The van der Waals surface area contributed by atoms with Gasteiger partial charge in [0, 0.05) is 0 Å². The first-order valence-electron chi connectivity index (χ1n) is 5.87. The van der Waals surface area contributed by atoms with E-state index in [-0.39, 0.29) is 17.1 Å². The molecule has 0 bridgehead atoms. The minimum atomic E-state index is -2.64. The number of esters is 1. The van der Waals surface area contributed by atoms with Gasteiger partial charge in [0.1, 0.15) is 13.1 Å². The van der Waals surface area contributed by atoms with Crippen LogP contribution in [0.3, 0.4) is 0 Å². The average Bonchev–Trinajstić information content (AvgIpc) is 2.28. The van der Waals surface area contributed by atoms with Crippen molar-refractivity contribution in [2.45, 2.75) is 0 Å². The van der Waals surface area contributed by atoms with Crippen molar-refractivity contribution in [1.82, 2.24) is 0 Å². The SMILES string of the molecule is [2H]C1([2H])Oc2ccc(C(=O)OC)cc2OC1([2H])[2H]. The largest absolute Gasteiger partial charge is 0.486 e. The molecular weight excluding hydrogens is 184 g/mol. The second kappa shape index (κ2) is 3.57. The third kappa shape index (κ3) is 1.51. The van der Waals surface area contributed by atoms with Gasteiger partial charge in [0.15, 0.2) is 11.5 Å². The Balaban J connectivity index is 2.42. The molecule has 14 heavy (non-hydrogen) atoms. The Kier molecular flexibility index (Phi) is 1.34. The lowest BCUT2D eigenvalue weighted by atomic mass is 10.2. The highest BCUT2D eigenvalue weighted by molar-refractivity contribution is 5.90. The predicted octanol–water partition coefficient (Wildman–Crippen LogP) is 1.24. The lowest BCUT2D eigenvalue weighted by Crippen LogP contribution is -2.15. The molecule has 4 nitrogen and oxygen atoms in total. The zero-order chi connectivity index (χ0) is 13.6. The summed E-state index contributed by atoms with van der Waals surface area (Å²) in [6.45, 7) is -5.25. The van der Waals surface area contributed by atoms with E-state index in [1.54, 1.807) is 0 Å². The van der Waals surface area contributed by atoms with Crippen LogP contribution in [0.2, 0.25) is 0 Å². The highest BCUT2D eigenvalue weighted by Crippen LogP contribution is 2.30. The molecule has 1 aromatic carbocycles. The zero-order valence-electron chi connectivity index (χ0n) is 11.4. The molecule has 1 aromatic rings. The Morgan fingerprint density at radius 3 is 2.86 bits per heavy atom. The van der Waals surface area contributed by atoms with Gasteiger partial charge in [0.2, 0.25) is 0 Å². The van der Waals surface area contributed by atoms with Crippen molar-refractivity contribution in [3.63, 3.8) is 0 Å². The number of rotatable bonds is 1. The summed E-state index contributed by atoms with van der Waals surface area (Å²) in [6.07, 6.45) is 0. The molecular formula is C10H10O4. The average molecular weight is 198 g/mol. The summed E-state index contributed by atoms with van der Waals surface area (Å²) in [5.41, 5.74) is 0.165. The van der Waals surface area contributed by atoms with Crippen molar-refractivity contribution >= 4 is 5.97 Å². The number of ether oxygens (including phenoxy) is 3. The fourth-order valence-corrected chi connectivity index (χ4v) is 1.07. The van der Waals surface area contributed by atoms with Gasteiger partial charge in [-0.2, -0.15) is 0 Å². The van der Waals surface area contributed by atoms with Crippen LogP contribution in [0.25, 0.3) is 0 Å². The number of methoxy groups -OCH3 is 1. The molecule has 0 aliphatic carbocycles. The number of carbonyl (C=O) groups is 1. The van der Waals surface area contributed by atoms with Crippen LogP contribution in [0, 0.1) is 0 Å². The van der Waals surface area contributed by atoms with Gasteiger partial charge in [-0.15, -0.1) is 0 Å². The summed E-state index contributed by atoms with van der Waals surface area (Å²) < 4.78 is 43.9. The zero-order valence-corrected chi connectivity index (χ0v) is 7.37. The predicted molar refractivity (Wildman–Crippen MR) is 48.8 cm³/mol. The van der Waals surface area contributed by atoms with Crippen molar-refractivity contribution in [3.8, 4) is 11.5 Å². The molecule has 0 fully saturated rings. The van der Waals surface area contributed by atoms with Crippen molar-refractivity contribution in [3.05, 3.63) is 23.8 Å². The molecule has 0 N–H and O–H groups in total. The third-order valence-corrected chi connectivity index (χ3v) is 1.73. The van der Waals surface area contributed by atoms with Crippen molar-refractivity contribution in [1.29, 1.82) is 0 Å². The fraction of sp³-hybridized carbons (Fsp3) is 0.300. The molecule has 0 spiro atoms. The molecule has 0 saturated heterocycles. The van der Waals surface area contributed by atoms with E-state index in [2.05, 4.69) is 4.74 Å². The maximum absolute atomic E-state index is 11.3. The molecule has 0 atom stereocenters. The number of hydrogen-bond acceptors (Lipinski definition) is 4. The van der Waals surface area contributed by atoms with Crippen LogP contribution in [0.5, 0.6) is 11.5 Å². The first-order chi connectivity index (χ1) is 8.27. The third-order valence-electron chi connectivity index (χ3n) is 1.73. The van der Waals surface area contributed by atoms with E-state index in [9.17, 15) is 4.79 Å². The summed E-state index contributed by atoms with van der Waals surface area (Å²) >= 11 is 0. The monoisotopic (exact) mass is 198 g/mol. The molecule has 0 unspecified atom stereocenters. The summed E-state index contributed by atoms with van der Waals surface area (Å²) in [7, 11) is 1.22. The summed E-state index contributed by atoms with van der Waals surface area (Å²) in [6, 6.07) is 3.95. The van der Waals surface area contributed by atoms with Crippen LogP contribution in [0.4, 0.5) is 0 Å². The molecule has 0 saturated carbocycles. The molecule has 4 heteroatoms. The highest BCUT2D eigenvalue weighted by atomic mass is 16.6. The highest BCUT2D eigenvalue weighted by Gasteiger charge is 2.14. The maximum Gasteiger partial charge on any atom is 0.337 e. The minimum absolute atomic E-state index is 0.0304. The van der Waals surface area contributed by atoms with Crippen LogP contribution < -0.4 is 9.47 Å². The molecule has 0 amide bonds. The van der Waals surface area contributed by atoms with Crippen molar-refractivity contribution in [2.24, 2.45) is 0 Å². The quantitative estimate of drug-likeness (QED) is 0.637. The number of carbonyl (C=O) groups excluding carboxylic acids is 1. The van der Waals surface area contributed by atoms with Crippen molar-refractivity contribution in [2.75, 3.05) is 20.2 Å². The van der Waals surface area contributed by atoms with Gasteiger partial charge in [-0.25, -0.2) is 4.79 Å². The Morgan fingerprint density at radius 1 is 1.43 bits per heavy atom. The number of hydrogen-bond donors (Lipinski definition) is 0. The molecule has 2 rings (SSSR count). The molecule has 0 aromatic heterocycles. The second-order valence-corrected chi connectivity index (χ2v) is 2.56. The molecule has 1 heterocycles. The Hall–Kier alpha value is -1.71. The van der Waals surface area contributed by atoms with Crippen LogP contribution in [0.15, 0.2) is 18.2 Å². The summed E-state index contributed by atoms with van der Waals surface area (Å²) in [4.78, 5) is 11.3. The lowest BCUT2D eigenvalue weighted by molar-refractivity contribution is 0.0599. The van der Waals surface area contributed by atoms with Crippen LogP contribution in [-0.2, 0) is 4.74 Å². The topological polar surface area (TPSA) is 44.8 Å². The first kappa shape index (κ1) is 5.24. The van der Waals surface area contributed by atoms with E-state index in [0.29, 0.717) is 0 Å². The van der Waals surface area contributed by atoms with Gasteiger partial charge in [-0.3, -0.25) is 0 Å². The normalized spacial score (nSPS) is 24.9. The van der Waals surface area contributed by atoms with Crippen molar-refractivity contribution < 1.29 is 24.5 Å². The number of benzene rings is 1. The standard InChI is InChI=1S/C10H10O4/c1-12-10(11)7-2-3-8-9(6-7)14-5-4-13-8/h2-3,6H,4-5H2,1H3/i4D2,5D2. The molecule has 1 aliphatic heterocycles. The van der Waals surface area contributed by atoms with E-state index >= 15 is 0 Å². The molecule has 1 aliphatic rings. The van der Waals surface area contributed by atoms with Crippen LogP contribution in [-0.4, -0.2) is 26.2 Å². The maximum atomic E-state index is 11.3. The van der Waals surface area contributed by atoms with Crippen LogP contribution in [0.1, 0.15) is 15.8 Å². The number of fused-ring (bicyclic) bond motifs is 1. The Bertz CT molecular complexity index is 501. The van der Waals surface area contributed by atoms with Gasteiger partial charge >= 0.3 is 5.97 Å². The van der Waals surface area contributed by atoms with E-state index in [4.69, 9.17) is 15.0 Å². The Morgan fingerprint density at radius 2 is 2.14 bits per heavy atom. The summed E-state index contributed by atoms with van der Waals surface area (Å²) in [5, 5.41) is 0. The van der Waals surface area contributed by atoms with Gasteiger partial charge in [0.05, 0.1) is 18.2 Å². The van der Waals surface area contributed by atoms with E-state index < -0.39 is 19.1 Å². The lowest BCUT2D eigenvalue weighted by Gasteiger charge is -2.18. The van der Waals surface area contributed by atoms with E-state index in [1.165, 1.54) is 25.3 Å². The minimum Gasteiger partial charge on any atom is -0.486 e. The van der Waals surface area contributed by atoms with Crippen LogP contribution >= 0.6 is 0 Å².